The van der Waals surface area contributed by atoms with Crippen LogP contribution in [0.1, 0.15) is 19.4 Å². The van der Waals surface area contributed by atoms with Gasteiger partial charge in [-0.15, -0.1) is 0 Å². The molecule has 4 heteroatoms. The Balaban J connectivity index is 2.86. The highest BCUT2D eigenvalue weighted by atomic mass is 79.9. The number of carboxylic acids is 1. The number of carboxylic acid groups (broad SMARTS) is 1. The molecule has 0 fully saturated rings. The smallest absolute Gasteiger partial charge is 0.308 e. The van der Waals surface area contributed by atoms with Crippen molar-refractivity contribution in [2.45, 2.75) is 20.8 Å². The standard InChI is InChI=1S/C13H18BrNO2/c1-4-15(8-10(3)13(16)17)11-5-6-12(14)9(2)7-11/h5-7,10H,4,8H2,1-3H3,(H,16,17). The van der Waals surface area contributed by atoms with Crippen molar-refractivity contribution in [1.82, 2.24) is 0 Å². The minimum atomic E-state index is -0.753. The predicted molar refractivity (Wildman–Crippen MR) is 73.6 cm³/mol. The zero-order valence-corrected chi connectivity index (χ0v) is 12.0. The molecule has 0 aliphatic heterocycles. The van der Waals surface area contributed by atoms with Crippen molar-refractivity contribution < 1.29 is 9.90 Å². The number of aryl methyl sites for hydroxylation is 1. The number of aliphatic carboxylic acids is 1. The normalized spacial score (nSPS) is 12.2. The first kappa shape index (κ1) is 14.0. The van der Waals surface area contributed by atoms with Gasteiger partial charge in [0, 0.05) is 23.2 Å². The van der Waals surface area contributed by atoms with Crippen LogP contribution in [-0.4, -0.2) is 24.2 Å². The van der Waals surface area contributed by atoms with E-state index in [1.165, 1.54) is 0 Å². The van der Waals surface area contributed by atoms with E-state index in [0.717, 1.165) is 22.3 Å². The minimum absolute atomic E-state index is 0.362. The number of halogens is 1. The Morgan fingerprint density at radius 2 is 2.18 bits per heavy atom. The number of carbonyl (C=O) groups is 1. The molecule has 0 saturated heterocycles. The van der Waals surface area contributed by atoms with Gasteiger partial charge in [-0.3, -0.25) is 4.79 Å². The van der Waals surface area contributed by atoms with Crippen molar-refractivity contribution in [3.63, 3.8) is 0 Å². The molecule has 0 aliphatic carbocycles. The molecule has 1 aromatic rings. The van der Waals surface area contributed by atoms with Gasteiger partial charge in [-0.05, 0) is 37.6 Å². The topological polar surface area (TPSA) is 40.5 Å². The minimum Gasteiger partial charge on any atom is -0.481 e. The van der Waals surface area contributed by atoms with Crippen LogP contribution in [0.15, 0.2) is 22.7 Å². The van der Waals surface area contributed by atoms with E-state index in [2.05, 4.69) is 26.9 Å². The Morgan fingerprint density at radius 3 is 2.65 bits per heavy atom. The summed E-state index contributed by atoms with van der Waals surface area (Å²) >= 11 is 3.46. The highest BCUT2D eigenvalue weighted by Crippen LogP contribution is 2.23. The lowest BCUT2D eigenvalue weighted by molar-refractivity contribution is -0.140. The second-order valence-corrected chi connectivity index (χ2v) is 5.07. The van der Waals surface area contributed by atoms with Crippen LogP contribution in [0.4, 0.5) is 5.69 Å². The van der Waals surface area contributed by atoms with Crippen molar-refractivity contribution in [1.29, 1.82) is 0 Å². The van der Waals surface area contributed by atoms with Gasteiger partial charge in [-0.2, -0.15) is 0 Å². The van der Waals surface area contributed by atoms with E-state index >= 15 is 0 Å². The molecule has 1 N–H and O–H groups in total. The van der Waals surface area contributed by atoms with Crippen LogP contribution < -0.4 is 4.90 Å². The molecule has 0 aromatic heterocycles. The summed E-state index contributed by atoms with van der Waals surface area (Å²) in [5.74, 6) is -1.11. The van der Waals surface area contributed by atoms with Gasteiger partial charge in [0.15, 0.2) is 0 Å². The second kappa shape index (κ2) is 6.05. The first-order valence-corrected chi connectivity index (χ1v) is 6.49. The summed E-state index contributed by atoms with van der Waals surface area (Å²) in [7, 11) is 0. The molecule has 94 valence electrons. The molecule has 1 unspecified atom stereocenters. The molecule has 1 rings (SSSR count). The van der Waals surface area contributed by atoms with E-state index in [0.29, 0.717) is 6.54 Å². The van der Waals surface area contributed by atoms with Crippen LogP contribution in [-0.2, 0) is 4.79 Å². The van der Waals surface area contributed by atoms with Crippen molar-refractivity contribution >= 4 is 27.6 Å². The maximum absolute atomic E-state index is 10.9. The maximum atomic E-state index is 10.9. The predicted octanol–water partition coefficient (Wildman–Crippen LogP) is 3.30. The van der Waals surface area contributed by atoms with Gasteiger partial charge >= 0.3 is 5.97 Å². The van der Waals surface area contributed by atoms with Gasteiger partial charge in [0.25, 0.3) is 0 Å². The van der Waals surface area contributed by atoms with Crippen molar-refractivity contribution in [3.05, 3.63) is 28.2 Å². The number of anilines is 1. The number of nitrogens with zero attached hydrogens (tertiary/aromatic N) is 1. The fourth-order valence-corrected chi connectivity index (χ4v) is 1.90. The van der Waals surface area contributed by atoms with Crippen LogP contribution in [0.5, 0.6) is 0 Å². The Bertz CT molecular complexity index is 406. The van der Waals surface area contributed by atoms with Crippen molar-refractivity contribution in [3.8, 4) is 0 Å². The van der Waals surface area contributed by atoms with Gasteiger partial charge in [-0.1, -0.05) is 22.9 Å². The number of rotatable bonds is 5. The largest absolute Gasteiger partial charge is 0.481 e. The summed E-state index contributed by atoms with van der Waals surface area (Å²) in [6.45, 7) is 7.14. The van der Waals surface area contributed by atoms with E-state index in [-0.39, 0.29) is 5.92 Å². The molecule has 0 heterocycles. The zero-order chi connectivity index (χ0) is 13.0. The lowest BCUT2D eigenvalue weighted by atomic mass is 10.1. The molecule has 0 spiro atoms. The number of benzene rings is 1. The fourth-order valence-electron chi connectivity index (χ4n) is 1.65. The number of hydrogen-bond acceptors (Lipinski definition) is 2. The fraction of sp³-hybridized carbons (Fsp3) is 0.462. The quantitative estimate of drug-likeness (QED) is 0.907. The lowest BCUT2D eigenvalue weighted by Crippen LogP contribution is -2.31. The molecular weight excluding hydrogens is 282 g/mol. The third-order valence-corrected chi connectivity index (χ3v) is 3.69. The average Bonchev–Trinajstić information content (AvgIpc) is 2.29. The number of hydrogen-bond donors (Lipinski definition) is 1. The molecule has 0 amide bonds. The van der Waals surface area contributed by atoms with Crippen LogP contribution in [0.25, 0.3) is 0 Å². The SMILES string of the molecule is CCN(CC(C)C(=O)O)c1ccc(Br)c(C)c1. The van der Waals surface area contributed by atoms with Gasteiger partial charge in [0.1, 0.15) is 0 Å². The van der Waals surface area contributed by atoms with Crippen LogP contribution in [0.2, 0.25) is 0 Å². The summed E-state index contributed by atoms with van der Waals surface area (Å²) in [5, 5.41) is 8.94. The third-order valence-electron chi connectivity index (χ3n) is 2.80. The Morgan fingerprint density at radius 1 is 1.53 bits per heavy atom. The lowest BCUT2D eigenvalue weighted by Gasteiger charge is -2.25. The summed E-state index contributed by atoms with van der Waals surface area (Å²) in [5.41, 5.74) is 2.23. The first-order valence-electron chi connectivity index (χ1n) is 5.69. The van der Waals surface area contributed by atoms with E-state index < -0.39 is 5.97 Å². The Kier molecular flexibility index (Phi) is 5.00. The van der Waals surface area contributed by atoms with Crippen molar-refractivity contribution in [2.75, 3.05) is 18.0 Å². The zero-order valence-electron chi connectivity index (χ0n) is 10.4. The van der Waals surface area contributed by atoms with E-state index in [1.807, 2.05) is 26.0 Å². The summed E-state index contributed by atoms with van der Waals surface area (Å²) < 4.78 is 1.07. The van der Waals surface area contributed by atoms with Crippen LogP contribution in [0, 0.1) is 12.8 Å². The molecule has 1 atom stereocenters. The van der Waals surface area contributed by atoms with Crippen LogP contribution >= 0.6 is 15.9 Å². The van der Waals surface area contributed by atoms with Gasteiger partial charge < -0.3 is 10.0 Å². The molecule has 0 aliphatic rings. The summed E-state index contributed by atoms with van der Waals surface area (Å²) in [4.78, 5) is 13.0. The van der Waals surface area contributed by atoms with Gasteiger partial charge in [0.2, 0.25) is 0 Å². The monoisotopic (exact) mass is 299 g/mol. The highest BCUT2D eigenvalue weighted by Gasteiger charge is 2.15. The van der Waals surface area contributed by atoms with E-state index in [4.69, 9.17) is 5.11 Å². The van der Waals surface area contributed by atoms with E-state index in [1.54, 1.807) is 6.92 Å². The van der Waals surface area contributed by atoms with Crippen LogP contribution in [0.3, 0.4) is 0 Å². The maximum Gasteiger partial charge on any atom is 0.308 e. The molecule has 17 heavy (non-hydrogen) atoms. The van der Waals surface area contributed by atoms with E-state index in [9.17, 15) is 4.79 Å². The molecule has 0 radical (unpaired) electrons. The summed E-state index contributed by atoms with van der Waals surface area (Å²) in [6, 6.07) is 6.08. The van der Waals surface area contributed by atoms with Crippen molar-refractivity contribution in [2.24, 2.45) is 5.92 Å². The Labute approximate surface area is 111 Å². The summed E-state index contributed by atoms with van der Waals surface area (Å²) in [6.07, 6.45) is 0. The molecule has 3 nitrogen and oxygen atoms in total. The Hall–Kier alpha value is -1.03. The molecule has 0 saturated carbocycles. The molecule has 0 bridgehead atoms. The molecule has 1 aromatic carbocycles. The molecular formula is C13H18BrNO2. The highest BCUT2D eigenvalue weighted by molar-refractivity contribution is 9.10. The van der Waals surface area contributed by atoms with Gasteiger partial charge in [-0.25, -0.2) is 0 Å². The van der Waals surface area contributed by atoms with Gasteiger partial charge in [0.05, 0.1) is 5.92 Å². The third kappa shape index (κ3) is 3.73. The second-order valence-electron chi connectivity index (χ2n) is 4.21. The first-order chi connectivity index (χ1) is 7.95. The average molecular weight is 300 g/mol.